The van der Waals surface area contributed by atoms with Crippen LogP contribution in [0.4, 0.5) is 0 Å². The first kappa shape index (κ1) is 17.1. The van der Waals surface area contributed by atoms with E-state index >= 15 is 0 Å². The summed E-state index contributed by atoms with van der Waals surface area (Å²) in [6, 6.07) is 6.64. The van der Waals surface area contributed by atoms with Gasteiger partial charge in [-0.1, -0.05) is 0 Å². The first-order chi connectivity index (χ1) is 11.4. The molecular weight excluding hydrogens is 314 g/mol. The molecule has 2 aromatic heterocycles. The SMILES string of the molecule is COC(=O)c1ccc(CN(Cc2ccc(C(=O)OC)[nH]2)C(=N)N)[nH]1. The van der Waals surface area contributed by atoms with Crippen molar-refractivity contribution in [2.45, 2.75) is 13.1 Å². The number of carbonyl (C=O) groups is 2. The molecule has 24 heavy (non-hydrogen) atoms. The average Bonchev–Trinajstić information content (AvgIpc) is 3.22. The first-order valence-electron chi connectivity index (χ1n) is 7.06. The van der Waals surface area contributed by atoms with Gasteiger partial charge in [0.1, 0.15) is 11.4 Å². The van der Waals surface area contributed by atoms with E-state index in [-0.39, 0.29) is 5.96 Å². The molecule has 0 unspecified atom stereocenters. The van der Waals surface area contributed by atoms with E-state index in [1.54, 1.807) is 29.2 Å². The summed E-state index contributed by atoms with van der Waals surface area (Å²) in [5, 5.41) is 7.70. The zero-order valence-electron chi connectivity index (χ0n) is 13.4. The zero-order chi connectivity index (χ0) is 17.7. The number of methoxy groups -OCH3 is 2. The number of rotatable bonds is 6. The molecule has 2 rings (SSSR count). The fourth-order valence-electron chi connectivity index (χ4n) is 2.16. The molecule has 0 bridgehead atoms. The molecule has 5 N–H and O–H groups in total. The molecular formula is C15H19N5O4. The Morgan fingerprint density at radius 1 is 1.00 bits per heavy atom. The molecule has 0 fully saturated rings. The summed E-state index contributed by atoms with van der Waals surface area (Å²) in [6.07, 6.45) is 0. The summed E-state index contributed by atoms with van der Waals surface area (Å²) >= 11 is 0. The van der Waals surface area contributed by atoms with Gasteiger partial charge in [-0.3, -0.25) is 5.41 Å². The van der Waals surface area contributed by atoms with E-state index < -0.39 is 11.9 Å². The number of ether oxygens (including phenoxy) is 2. The van der Waals surface area contributed by atoms with Crippen LogP contribution in [0.1, 0.15) is 32.4 Å². The van der Waals surface area contributed by atoms with Crippen molar-refractivity contribution in [3.63, 3.8) is 0 Å². The predicted molar refractivity (Wildman–Crippen MR) is 85.4 cm³/mol. The maximum absolute atomic E-state index is 11.4. The molecule has 0 spiro atoms. The van der Waals surface area contributed by atoms with Crippen LogP contribution < -0.4 is 5.73 Å². The van der Waals surface area contributed by atoms with E-state index in [0.717, 1.165) is 0 Å². The van der Waals surface area contributed by atoms with Crippen LogP contribution in [0.2, 0.25) is 0 Å². The minimum absolute atomic E-state index is 0.140. The highest BCUT2D eigenvalue weighted by Crippen LogP contribution is 2.11. The van der Waals surface area contributed by atoms with Crippen LogP contribution in [0.5, 0.6) is 0 Å². The Kier molecular flexibility index (Phi) is 5.25. The standard InChI is InChI=1S/C15H19N5O4/c1-23-13(21)11-5-3-9(18-11)7-20(15(16)17)8-10-4-6-12(19-10)14(22)24-2/h3-6,18-19H,7-8H2,1-2H3,(H3,16,17). The fraction of sp³-hybridized carbons (Fsp3) is 0.267. The monoisotopic (exact) mass is 333 g/mol. The molecule has 2 aromatic rings. The number of guanidine groups is 1. The van der Waals surface area contributed by atoms with Crippen LogP contribution in [0, 0.1) is 5.41 Å². The lowest BCUT2D eigenvalue weighted by molar-refractivity contribution is 0.0586. The number of hydrogen-bond donors (Lipinski definition) is 4. The molecule has 0 amide bonds. The smallest absolute Gasteiger partial charge is 0.354 e. The van der Waals surface area contributed by atoms with Crippen molar-refractivity contribution in [3.8, 4) is 0 Å². The Hall–Kier alpha value is -3.23. The number of esters is 2. The lowest BCUT2D eigenvalue weighted by atomic mass is 10.3. The molecule has 0 aromatic carbocycles. The highest BCUT2D eigenvalue weighted by Gasteiger charge is 2.15. The quantitative estimate of drug-likeness (QED) is 0.351. The number of nitrogens with zero attached hydrogens (tertiary/aromatic N) is 1. The number of nitrogens with one attached hydrogen (secondary N) is 3. The van der Waals surface area contributed by atoms with Crippen molar-refractivity contribution in [1.29, 1.82) is 5.41 Å². The third-order valence-electron chi connectivity index (χ3n) is 3.37. The molecule has 9 heteroatoms. The van der Waals surface area contributed by atoms with E-state index in [1.807, 2.05) is 0 Å². The Labute approximate surface area is 138 Å². The van der Waals surface area contributed by atoms with Crippen molar-refractivity contribution in [2.75, 3.05) is 14.2 Å². The van der Waals surface area contributed by atoms with Gasteiger partial charge in [-0.25, -0.2) is 9.59 Å². The highest BCUT2D eigenvalue weighted by molar-refractivity contribution is 5.87. The molecule has 0 aliphatic rings. The van der Waals surface area contributed by atoms with Crippen molar-refractivity contribution in [2.24, 2.45) is 5.73 Å². The topological polar surface area (TPSA) is 137 Å². The zero-order valence-corrected chi connectivity index (χ0v) is 13.4. The molecule has 0 atom stereocenters. The molecule has 0 radical (unpaired) electrons. The van der Waals surface area contributed by atoms with Crippen LogP contribution in [0.25, 0.3) is 0 Å². The maximum atomic E-state index is 11.4. The van der Waals surface area contributed by atoms with Crippen molar-refractivity contribution >= 4 is 17.9 Å². The summed E-state index contributed by atoms with van der Waals surface area (Å²) in [5.74, 6) is -1.08. The van der Waals surface area contributed by atoms with E-state index in [9.17, 15) is 9.59 Å². The van der Waals surface area contributed by atoms with Gasteiger partial charge in [0.2, 0.25) is 0 Å². The van der Waals surface area contributed by atoms with Crippen LogP contribution in [0.15, 0.2) is 24.3 Å². The summed E-state index contributed by atoms with van der Waals surface area (Å²) in [4.78, 5) is 30.3. The van der Waals surface area contributed by atoms with Crippen molar-refractivity contribution in [3.05, 3.63) is 47.0 Å². The van der Waals surface area contributed by atoms with Crippen LogP contribution in [0.3, 0.4) is 0 Å². The molecule has 9 nitrogen and oxygen atoms in total. The van der Waals surface area contributed by atoms with Gasteiger partial charge in [-0.2, -0.15) is 0 Å². The molecule has 0 saturated carbocycles. The van der Waals surface area contributed by atoms with E-state index in [1.165, 1.54) is 14.2 Å². The second kappa shape index (κ2) is 7.36. The summed E-state index contributed by atoms with van der Waals surface area (Å²) in [6.45, 7) is 0.581. The van der Waals surface area contributed by atoms with Crippen molar-refractivity contribution in [1.82, 2.24) is 14.9 Å². The van der Waals surface area contributed by atoms with Gasteiger partial charge in [-0.05, 0) is 24.3 Å². The maximum Gasteiger partial charge on any atom is 0.354 e. The second-order valence-electron chi connectivity index (χ2n) is 5.02. The number of aromatic amines is 2. The van der Waals surface area contributed by atoms with E-state index in [2.05, 4.69) is 19.4 Å². The van der Waals surface area contributed by atoms with Gasteiger partial charge in [0.05, 0.1) is 27.3 Å². The van der Waals surface area contributed by atoms with Gasteiger partial charge >= 0.3 is 11.9 Å². The minimum Gasteiger partial charge on any atom is -0.464 e. The molecule has 128 valence electrons. The highest BCUT2D eigenvalue weighted by atomic mass is 16.5. The lowest BCUT2D eigenvalue weighted by Crippen LogP contribution is -2.35. The Morgan fingerprint density at radius 2 is 1.42 bits per heavy atom. The number of nitrogens with two attached hydrogens (primary N) is 1. The lowest BCUT2D eigenvalue weighted by Gasteiger charge is -2.21. The Bertz CT molecular complexity index is 692. The third kappa shape index (κ3) is 3.94. The number of aromatic nitrogens is 2. The number of H-pyrrole nitrogens is 2. The minimum atomic E-state index is -0.470. The molecule has 2 heterocycles. The van der Waals surface area contributed by atoms with Crippen LogP contribution >= 0.6 is 0 Å². The fourth-order valence-corrected chi connectivity index (χ4v) is 2.16. The van der Waals surface area contributed by atoms with Gasteiger partial charge < -0.3 is 30.1 Å². The largest absolute Gasteiger partial charge is 0.464 e. The Balaban J connectivity index is 2.08. The van der Waals surface area contributed by atoms with Crippen molar-refractivity contribution < 1.29 is 19.1 Å². The van der Waals surface area contributed by atoms with E-state index in [0.29, 0.717) is 35.9 Å². The summed E-state index contributed by atoms with van der Waals surface area (Å²) in [7, 11) is 2.60. The summed E-state index contributed by atoms with van der Waals surface area (Å²) < 4.78 is 9.27. The normalized spacial score (nSPS) is 10.2. The van der Waals surface area contributed by atoms with E-state index in [4.69, 9.17) is 11.1 Å². The first-order valence-corrected chi connectivity index (χ1v) is 7.06. The molecule has 0 saturated heterocycles. The van der Waals surface area contributed by atoms with Gasteiger partial charge in [0.25, 0.3) is 0 Å². The van der Waals surface area contributed by atoms with Gasteiger partial charge in [0, 0.05) is 11.4 Å². The van der Waals surface area contributed by atoms with Gasteiger partial charge in [0.15, 0.2) is 5.96 Å². The second-order valence-corrected chi connectivity index (χ2v) is 5.02. The number of hydrogen-bond acceptors (Lipinski definition) is 5. The summed E-state index contributed by atoms with van der Waals surface area (Å²) in [5.41, 5.74) is 7.66. The van der Waals surface area contributed by atoms with Crippen LogP contribution in [-0.2, 0) is 22.6 Å². The average molecular weight is 333 g/mol. The Morgan fingerprint density at radius 3 is 1.75 bits per heavy atom. The van der Waals surface area contributed by atoms with Crippen LogP contribution in [-0.4, -0.2) is 47.0 Å². The third-order valence-corrected chi connectivity index (χ3v) is 3.37. The predicted octanol–water partition coefficient (Wildman–Crippen LogP) is 0.812. The number of carbonyl (C=O) groups excluding carboxylic acids is 2. The molecule has 0 aliphatic carbocycles. The van der Waals surface area contributed by atoms with Gasteiger partial charge in [-0.15, -0.1) is 0 Å². The molecule has 0 aliphatic heterocycles.